The zero-order chi connectivity index (χ0) is 11.5. The summed E-state index contributed by atoms with van der Waals surface area (Å²) in [5, 5.41) is 15.4. The standard InChI is InChI=1S/C7H12N2O4S2/c10-6(11)3-8-7(14)9-5-1-2-15(12,13)4-5/h5H,1-4H2,(H,10,11)(H2,8,9,14)/p-1/t5-/m0/s1. The Morgan fingerprint density at radius 2 is 2.20 bits per heavy atom. The van der Waals surface area contributed by atoms with E-state index in [1.807, 2.05) is 0 Å². The minimum Gasteiger partial charge on any atom is -0.548 e. The summed E-state index contributed by atoms with van der Waals surface area (Å²) in [7, 11) is -2.95. The van der Waals surface area contributed by atoms with Crippen molar-refractivity contribution in [2.75, 3.05) is 18.1 Å². The molecule has 8 heteroatoms. The fourth-order valence-electron chi connectivity index (χ4n) is 1.30. The molecule has 1 aliphatic heterocycles. The summed E-state index contributed by atoms with van der Waals surface area (Å²) in [6.45, 7) is -0.384. The molecular weight excluding hydrogens is 240 g/mol. The first kappa shape index (κ1) is 12.2. The van der Waals surface area contributed by atoms with E-state index in [2.05, 4.69) is 10.6 Å². The van der Waals surface area contributed by atoms with Gasteiger partial charge in [-0.3, -0.25) is 0 Å². The fraction of sp³-hybridized carbons (Fsp3) is 0.714. The van der Waals surface area contributed by atoms with Crippen LogP contribution in [0.2, 0.25) is 0 Å². The SMILES string of the molecule is O=C([O-])CNC(=S)N[C@H]1CCS(=O)(=O)C1. The van der Waals surface area contributed by atoms with E-state index in [0.29, 0.717) is 6.42 Å². The van der Waals surface area contributed by atoms with Crippen molar-refractivity contribution in [3.8, 4) is 0 Å². The first-order chi connectivity index (χ1) is 6.89. The second-order valence-corrected chi connectivity index (χ2v) is 5.94. The van der Waals surface area contributed by atoms with E-state index in [-0.39, 0.29) is 29.2 Å². The van der Waals surface area contributed by atoms with E-state index in [0.717, 1.165) is 0 Å². The molecule has 1 fully saturated rings. The average Bonchev–Trinajstić information content (AvgIpc) is 2.42. The first-order valence-corrected chi connectivity index (χ1v) is 6.56. The Labute approximate surface area is 93.0 Å². The maximum atomic E-state index is 11.1. The number of carbonyl (C=O) groups excluding carboxylic acids is 1. The summed E-state index contributed by atoms with van der Waals surface area (Å²) in [6, 6.07) is -0.225. The van der Waals surface area contributed by atoms with Crippen LogP contribution in [-0.2, 0) is 14.6 Å². The molecule has 0 bridgehead atoms. The molecule has 0 aromatic carbocycles. The summed E-state index contributed by atoms with van der Waals surface area (Å²) in [5.41, 5.74) is 0. The number of hydrogen-bond donors (Lipinski definition) is 2. The van der Waals surface area contributed by atoms with Crippen molar-refractivity contribution in [2.45, 2.75) is 12.5 Å². The van der Waals surface area contributed by atoms with Crippen LogP contribution in [0.15, 0.2) is 0 Å². The first-order valence-electron chi connectivity index (χ1n) is 4.34. The summed E-state index contributed by atoms with van der Waals surface area (Å²) < 4.78 is 22.2. The fourth-order valence-corrected chi connectivity index (χ4v) is 3.21. The number of sulfone groups is 1. The molecule has 1 aliphatic rings. The number of carbonyl (C=O) groups is 1. The highest BCUT2D eigenvalue weighted by atomic mass is 32.2. The lowest BCUT2D eigenvalue weighted by Crippen LogP contribution is -2.46. The predicted octanol–water partition coefficient (Wildman–Crippen LogP) is -2.61. The molecule has 1 saturated heterocycles. The van der Waals surface area contributed by atoms with Crippen LogP contribution >= 0.6 is 12.2 Å². The van der Waals surface area contributed by atoms with Gasteiger partial charge in [-0.25, -0.2) is 8.42 Å². The van der Waals surface area contributed by atoms with Crippen molar-refractivity contribution in [3.63, 3.8) is 0 Å². The van der Waals surface area contributed by atoms with Gasteiger partial charge in [0, 0.05) is 6.04 Å². The lowest BCUT2D eigenvalue weighted by Gasteiger charge is -2.14. The van der Waals surface area contributed by atoms with E-state index < -0.39 is 15.8 Å². The smallest absolute Gasteiger partial charge is 0.166 e. The van der Waals surface area contributed by atoms with Crippen LogP contribution in [0.4, 0.5) is 0 Å². The summed E-state index contributed by atoms with van der Waals surface area (Å²) in [6.07, 6.45) is 0.496. The van der Waals surface area contributed by atoms with Crippen molar-refractivity contribution >= 4 is 33.1 Å². The average molecular weight is 251 g/mol. The third-order valence-electron chi connectivity index (χ3n) is 1.96. The molecular formula is C7H11N2O4S2-. The maximum absolute atomic E-state index is 11.1. The molecule has 0 spiro atoms. The Morgan fingerprint density at radius 1 is 1.53 bits per heavy atom. The quantitative estimate of drug-likeness (QED) is 0.530. The molecule has 0 aromatic heterocycles. The van der Waals surface area contributed by atoms with Gasteiger partial charge in [-0.1, -0.05) is 0 Å². The molecule has 0 saturated carbocycles. The zero-order valence-electron chi connectivity index (χ0n) is 7.86. The van der Waals surface area contributed by atoms with Crippen molar-refractivity contribution in [2.24, 2.45) is 0 Å². The monoisotopic (exact) mass is 251 g/mol. The van der Waals surface area contributed by atoms with Gasteiger partial charge in [0.05, 0.1) is 24.0 Å². The Kier molecular flexibility index (Phi) is 3.86. The van der Waals surface area contributed by atoms with Crippen LogP contribution in [0.5, 0.6) is 0 Å². The predicted molar refractivity (Wildman–Crippen MR) is 55.8 cm³/mol. The van der Waals surface area contributed by atoms with E-state index in [4.69, 9.17) is 12.2 Å². The van der Waals surface area contributed by atoms with Gasteiger partial charge in [0.1, 0.15) is 0 Å². The van der Waals surface area contributed by atoms with Gasteiger partial charge in [0.2, 0.25) is 0 Å². The summed E-state index contributed by atoms with van der Waals surface area (Å²) in [5.74, 6) is -1.08. The van der Waals surface area contributed by atoms with Gasteiger partial charge in [-0.15, -0.1) is 0 Å². The number of rotatable bonds is 3. The Balaban J connectivity index is 2.31. The number of hydrogen-bond acceptors (Lipinski definition) is 5. The van der Waals surface area contributed by atoms with Crippen LogP contribution in [0.3, 0.4) is 0 Å². The van der Waals surface area contributed by atoms with E-state index in [9.17, 15) is 18.3 Å². The van der Waals surface area contributed by atoms with Crippen molar-refractivity contribution in [3.05, 3.63) is 0 Å². The van der Waals surface area contributed by atoms with Crippen LogP contribution in [0.1, 0.15) is 6.42 Å². The molecule has 0 amide bonds. The van der Waals surface area contributed by atoms with Crippen LogP contribution in [0, 0.1) is 0 Å². The number of carboxylic acid groups (broad SMARTS) is 1. The second kappa shape index (κ2) is 4.75. The molecule has 0 aromatic rings. The van der Waals surface area contributed by atoms with E-state index in [1.165, 1.54) is 0 Å². The summed E-state index contributed by atoms with van der Waals surface area (Å²) in [4.78, 5) is 10.1. The van der Waals surface area contributed by atoms with Crippen LogP contribution in [-0.4, -0.2) is 43.6 Å². The van der Waals surface area contributed by atoms with E-state index in [1.54, 1.807) is 0 Å². The largest absolute Gasteiger partial charge is 0.548 e. The maximum Gasteiger partial charge on any atom is 0.166 e. The molecule has 0 aliphatic carbocycles. The molecule has 1 rings (SSSR count). The zero-order valence-corrected chi connectivity index (χ0v) is 9.49. The highest BCUT2D eigenvalue weighted by molar-refractivity contribution is 7.91. The lowest BCUT2D eigenvalue weighted by molar-refractivity contribution is -0.303. The molecule has 0 unspecified atom stereocenters. The summed E-state index contributed by atoms with van der Waals surface area (Å²) >= 11 is 4.78. The number of nitrogens with one attached hydrogen (secondary N) is 2. The second-order valence-electron chi connectivity index (χ2n) is 3.30. The topological polar surface area (TPSA) is 98.3 Å². The van der Waals surface area contributed by atoms with E-state index >= 15 is 0 Å². The normalized spacial score (nSPS) is 23.3. The van der Waals surface area contributed by atoms with Crippen LogP contribution < -0.4 is 15.7 Å². The van der Waals surface area contributed by atoms with Gasteiger partial charge in [0.25, 0.3) is 0 Å². The minimum atomic E-state index is -2.95. The minimum absolute atomic E-state index is 0.0418. The highest BCUT2D eigenvalue weighted by Gasteiger charge is 2.27. The number of thiocarbonyl (C=S) groups is 1. The molecule has 1 atom stereocenters. The molecule has 86 valence electrons. The molecule has 15 heavy (non-hydrogen) atoms. The van der Waals surface area contributed by atoms with Gasteiger partial charge in [-0.05, 0) is 18.6 Å². The number of carboxylic acids is 1. The van der Waals surface area contributed by atoms with Gasteiger partial charge >= 0.3 is 0 Å². The van der Waals surface area contributed by atoms with Crippen molar-refractivity contribution < 1.29 is 18.3 Å². The Morgan fingerprint density at radius 3 is 2.67 bits per heavy atom. The van der Waals surface area contributed by atoms with Crippen LogP contribution in [0.25, 0.3) is 0 Å². The van der Waals surface area contributed by atoms with Gasteiger partial charge < -0.3 is 20.5 Å². The molecule has 6 nitrogen and oxygen atoms in total. The Bertz CT molecular complexity index is 365. The Hall–Kier alpha value is -0.890. The van der Waals surface area contributed by atoms with Gasteiger partial charge in [0.15, 0.2) is 14.9 Å². The molecule has 0 radical (unpaired) electrons. The highest BCUT2D eigenvalue weighted by Crippen LogP contribution is 2.10. The van der Waals surface area contributed by atoms with Gasteiger partial charge in [-0.2, -0.15) is 0 Å². The van der Waals surface area contributed by atoms with Crippen molar-refractivity contribution in [1.82, 2.24) is 10.6 Å². The molecule has 1 heterocycles. The molecule has 2 N–H and O–H groups in total. The van der Waals surface area contributed by atoms with Crippen molar-refractivity contribution in [1.29, 1.82) is 0 Å². The third-order valence-corrected chi connectivity index (χ3v) is 3.99. The number of aliphatic carboxylic acids is 1. The third kappa shape index (κ3) is 4.43. The lowest BCUT2D eigenvalue weighted by atomic mass is 10.3.